The van der Waals surface area contributed by atoms with Crippen molar-refractivity contribution >= 4 is 6.08 Å². The Bertz CT molecular complexity index is 394. The quantitative estimate of drug-likeness (QED) is 0.633. The molecule has 18 heavy (non-hydrogen) atoms. The molecular formula is C17H24O. The van der Waals surface area contributed by atoms with Crippen molar-refractivity contribution in [2.75, 3.05) is 7.11 Å². The van der Waals surface area contributed by atoms with Crippen LogP contribution in [-0.2, 0) is 0 Å². The van der Waals surface area contributed by atoms with E-state index < -0.39 is 0 Å². The fourth-order valence-corrected chi connectivity index (χ4v) is 1.72. The van der Waals surface area contributed by atoms with E-state index in [1.54, 1.807) is 7.11 Å². The highest BCUT2D eigenvalue weighted by Gasteiger charge is 1.96. The molecule has 1 heteroatoms. The van der Waals surface area contributed by atoms with E-state index in [1.807, 2.05) is 12.1 Å². The van der Waals surface area contributed by atoms with Crippen molar-refractivity contribution in [3.63, 3.8) is 0 Å². The number of benzene rings is 1. The van der Waals surface area contributed by atoms with E-state index in [0.717, 1.165) is 12.2 Å². The number of methoxy groups -OCH3 is 1. The van der Waals surface area contributed by atoms with Crippen molar-refractivity contribution in [3.05, 3.63) is 47.6 Å². The fourth-order valence-electron chi connectivity index (χ4n) is 1.72. The average Bonchev–Trinajstić information content (AvgIpc) is 2.36. The van der Waals surface area contributed by atoms with Crippen LogP contribution in [0.3, 0.4) is 0 Å². The molecule has 1 atom stereocenters. The first-order valence-electron chi connectivity index (χ1n) is 6.57. The van der Waals surface area contributed by atoms with Gasteiger partial charge in [-0.3, -0.25) is 0 Å². The molecular weight excluding hydrogens is 220 g/mol. The molecule has 0 N–H and O–H groups in total. The summed E-state index contributed by atoms with van der Waals surface area (Å²) in [7, 11) is 1.69. The van der Waals surface area contributed by atoms with Crippen LogP contribution in [0.2, 0.25) is 0 Å². The molecule has 1 rings (SSSR count). The molecule has 0 spiro atoms. The van der Waals surface area contributed by atoms with Gasteiger partial charge in [-0.1, -0.05) is 42.9 Å². The minimum absolute atomic E-state index is 0.614. The maximum atomic E-state index is 5.14. The molecule has 0 amide bonds. The zero-order valence-electron chi connectivity index (χ0n) is 11.9. The lowest BCUT2D eigenvalue weighted by atomic mass is 10.0. The zero-order valence-corrected chi connectivity index (χ0v) is 11.9. The third-order valence-electron chi connectivity index (χ3n) is 2.91. The summed E-state index contributed by atoms with van der Waals surface area (Å²) in [6, 6.07) is 8.15. The number of allylic oxidation sites excluding steroid dienone is 3. The van der Waals surface area contributed by atoms with Gasteiger partial charge in [0.25, 0.3) is 0 Å². The average molecular weight is 244 g/mol. The van der Waals surface area contributed by atoms with E-state index in [2.05, 4.69) is 51.1 Å². The number of rotatable bonds is 6. The van der Waals surface area contributed by atoms with Crippen molar-refractivity contribution in [1.82, 2.24) is 0 Å². The van der Waals surface area contributed by atoms with Crippen LogP contribution in [0.15, 0.2) is 42.0 Å². The van der Waals surface area contributed by atoms with Crippen LogP contribution >= 0.6 is 0 Å². The molecule has 0 bridgehead atoms. The van der Waals surface area contributed by atoms with Crippen LogP contribution in [-0.4, -0.2) is 7.11 Å². The predicted octanol–water partition coefficient (Wildman–Crippen LogP) is 5.09. The molecule has 0 aliphatic carbocycles. The Morgan fingerprint density at radius 2 is 1.89 bits per heavy atom. The van der Waals surface area contributed by atoms with Crippen LogP contribution in [0.5, 0.6) is 5.75 Å². The summed E-state index contributed by atoms with van der Waals surface area (Å²) in [6.45, 7) is 6.56. The van der Waals surface area contributed by atoms with E-state index in [0.29, 0.717) is 5.92 Å². The van der Waals surface area contributed by atoms with E-state index >= 15 is 0 Å². The van der Waals surface area contributed by atoms with Crippen molar-refractivity contribution in [2.24, 2.45) is 5.92 Å². The summed E-state index contributed by atoms with van der Waals surface area (Å²) >= 11 is 0. The minimum Gasteiger partial charge on any atom is -0.497 e. The van der Waals surface area contributed by atoms with Crippen molar-refractivity contribution < 1.29 is 4.74 Å². The summed E-state index contributed by atoms with van der Waals surface area (Å²) in [5.74, 6) is 1.52. The van der Waals surface area contributed by atoms with Crippen LogP contribution < -0.4 is 4.74 Å². The molecule has 0 heterocycles. The van der Waals surface area contributed by atoms with E-state index in [4.69, 9.17) is 4.74 Å². The monoisotopic (exact) mass is 244 g/mol. The molecule has 0 aliphatic rings. The van der Waals surface area contributed by atoms with Crippen LogP contribution in [0.1, 0.15) is 39.2 Å². The molecule has 0 aliphatic heterocycles. The molecule has 1 unspecified atom stereocenters. The van der Waals surface area contributed by atoms with Gasteiger partial charge < -0.3 is 4.74 Å². The Hall–Kier alpha value is -1.50. The Labute approximate surface area is 111 Å². The van der Waals surface area contributed by atoms with Gasteiger partial charge in [-0.05, 0) is 50.3 Å². The van der Waals surface area contributed by atoms with Gasteiger partial charge in [0.15, 0.2) is 0 Å². The number of ether oxygens (including phenoxy) is 1. The largest absolute Gasteiger partial charge is 0.497 e. The van der Waals surface area contributed by atoms with Crippen molar-refractivity contribution in [3.8, 4) is 5.75 Å². The Kier molecular flexibility index (Phi) is 6.27. The molecule has 0 saturated carbocycles. The lowest BCUT2D eigenvalue weighted by molar-refractivity contribution is 0.415. The molecule has 0 fully saturated rings. The third-order valence-corrected chi connectivity index (χ3v) is 2.91. The smallest absolute Gasteiger partial charge is 0.118 e. The fraction of sp³-hybridized carbons (Fsp3) is 0.412. The molecule has 0 saturated heterocycles. The van der Waals surface area contributed by atoms with Gasteiger partial charge in [-0.2, -0.15) is 0 Å². The van der Waals surface area contributed by atoms with E-state index in [-0.39, 0.29) is 0 Å². The molecule has 0 radical (unpaired) electrons. The SMILES string of the molecule is COc1ccc(/C=C/C(C)CCC=C(C)C)cc1. The third kappa shape index (κ3) is 5.72. The van der Waals surface area contributed by atoms with Gasteiger partial charge in [-0.25, -0.2) is 0 Å². The van der Waals surface area contributed by atoms with Gasteiger partial charge in [0, 0.05) is 0 Å². The topological polar surface area (TPSA) is 9.23 Å². The lowest BCUT2D eigenvalue weighted by Gasteiger charge is -2.04. The van der Waals surface area contributed by atoms with Gasteiger partial charge in [0.1, 0.15) is 5.75 Å². The minimum atomic E-state index is 0.614. The van der Waals surface area contributed by atoms with E-state index in [9.17, 15) is 0 Å². The number of hydrogen-bond acceptors (Lipinski definition) is 1. The summed E-state index contributed by atoms with van der Waals surface area (Å²) in [4.78, 5) is 0. The highest BCUT2D eigenvalue weighted by atomic mass is 16.5. The maximum Gasteiger partial charge on any atom is 0.118 e. The Morgan fingerprint density at radius 1 is 1.22 bits per heavy atom. The summed E-state index contributed by atoms with van der Waals surface area (Å²) < 4.78 is 5.14. The Balaban J connectivity index is 2.44. The predicted molar refractivity (Wildman–Crippen MR) is 79.9 cm³/mol. The van der Waals surface area contributed by atoms with Gasteiger partial charge >= 0.3 is 0 Å². The van der Waals surface area contributed by atoms with Crippen LogP contribution in [0.4, 0.5) is 0 Å². The van der Waals surface area contributed by atoms with E-state index in [1.165, 1.54) is 17.6 Å². The summed E-state index contributed by atoms with van der Waals surface area (Å²) in [5, 5.41) is 0. The second-order valence-electron chi connectivity index (χ2n) is 4.97. The first kappa shape index (κ1) is 14.6. The van der Waals surface area contributed by atoms with Crippen molar-refractivity contribution in [2.45, 2.75) is 33.6 Å². The molecule has 98 valence electrons. The molecule has 1 aromatic rings. The van der Waals surface area contributed by atoms with Crippen LogP contribution in [0.25, 0.3) is 6.08 Å². The van der Waals surface area contributed by atoms with Gasteiger partial charge in [0.05, 0.1) is 7.11 Å². The number of hydrogen-bond donors (Lipinski definition) is 0. The second kappa shape index (κ2) is 7.75. The standard InChI is InChI=1S/C17H24O/c1-14(2)6-5-7-15(3)8-9-16-10-12-17(18-4)13-11-16/h6,8-13,15H,5,7H2,1-4H3/b9-8+. The summed E-state index contributed by atoms with van der Waals surface area (Å²) in [5.41, 5.74) is 2.63. The first-order valence-corrected chi connectivity index (χ1v) is 6.57. The molecule has 0 aromatic heterocycles. The first-order chi connectivity index (χ1) is 8.61. The normalized spacial score (nSPS) is 12.4. The Morgan fingerprint density at radius 3 is 2.44 bits per heavy atom. The highest BCUT2D eigenvalue weighted by Crippen LogP contribution is 2.15. The summed E-state index contributed by atoms with van der Waals surface area (Å²) in [6.07, 6.45) is 9.14. The molecule has 1 nitrogen and oxygen atoms in total. The second-order valence-corrected chi connectivity index (χ2v) is 4.97. The van der Waals surface area contributed by atoms with Crippen molar-refractivity contribution in [1.29, 1.82) is 0 Å². The van der Waals surface area contributed by atoms with Gasteiger partial charge in [-0.15, -0.1) is 0 Å². The van der Waals surface area contributed by atoms with Crippen LogP contribution in [0, 0.1) is 5.92 Å². The maximum absolute atomic E-state index is 5.14. The van der Waals surface area contributed by atoms with Gasteiger partial charge in [0.2, 0.25) is 0 Å². The highest BCUT2D eigenvalue weighted by molar-refractivity contribution is 5.50. The lowest BCUT2D eigenvalue weighted by Crippen LogP contribution is -1.88. The molecule has 1 aromatic carbocycles. The zero-order chi connectivity index (χ0) is 13.4.